The molecule has 0 aliphatic rings. The molecule has 5 heteroatoms. The Hall–Kier alpha value is -5.68. The van der Waals surface area contributed by atoms with Crippen molar-refractivity contribution in [2.45, 2.75) is 0 Å². The summed E-state index contributed by atoms with van der Waals surface area (Å²) in [6.45, 7) is 0. The Kier molecular flexibility index (Phi) is 5.38. The molecular formula is C36H23N5. The Labute approximate surface area is 236 Å². The molecule has 5 aromatic heterocycles. The molecule has 0 bridgehead atoms. The minimum atomic E-state index is 0.866. The Balaban J connectivity index is 1.15. The van der Waals surface area contributed by atoms with E-state index in [4.69, 9.17) is 15.0 Å². The van der Waals surface area contributed by atoms with Crippen LogP contribution in [0.1, 0.15) is 0 Å². The van der Waals surface area contributed by atoms with Crippen LogP contribution >= 0.6 is 0 Å². The molecule has 8 aromatic rings. The number of imidazole rings is 1. The monoisotopic (exact) mass is 525 g/mol. The third-order valence-corrected chi connectivity index (χ3v) is 7.49. The lowest BCUT2D eigenvalue weighted by atomic mass is 10.00. The Morgan fingerprint density at radius 3 is 1.95 bits per heavy atom. The van der Waals surface area contributed by atoms with Gasteiger partial charge in [-0.15, -0.1) is 0 Å². The predicted molar refractivity (Wildman–Crippen MR) is 165 cm³/mol. The maximum absolute atomic E-state index is 5.10. The van der Waals surface area contributed by atoms with Crippen molar-refractivity contribution in [2.75, 3.05) is 0 Å². The van der Waals surface area contributed by atoms with Crippen molar-refractivity contribution in [2.24, 2.45) is 0 Å². The van der Waals surface area contributed by atoms with Gasteiger partial charge in [0.2, 0.25) is 0 Å². The Bertz CT molecular complexity index is 2180. The average Bonchev–Trinajstić information content (AvgIpc) is 3.45. The molecule has 0 atom stereocenters. The lowest BCUT2D eigenvalue weighted by molar-refractivity contribution is 1.22. The van der Waals surface area contributed by atoms with E-state index >= 15 is 0 Å². The van der Waals surface area contributed by atoms with Crippen molar-refractivity contribution < 1.29 is 0 Å². The first-order valence-corrected chi connectivity index (χ1v) is 13.6. The summed E-state index contributed by atoms with van der Waals surface area (Å²) in [4.78, 5) is 19.4. The number of benzene rings is 3. The van der Waals surface area contributed by atoms with Crippen LogP contribution in [0.2, 0.25) is 0 Å². The molecule has 5 heterocycles. The maximum atomic E-state index is 5.10. The van der Waals surface area contributed by atoms with Crippen molar-refractivity contribution in [1.82, 2.24) is 24.3 Å². The van der Waals surface area contributed by atoms with E-state index in [1.54, 1.807) is 6.20 Å². The highest BCUT2D eigenvalue weighted by Gasteiger charge is 2.16. The van der Waals surface area contributed by atoms with Gasteiger partial charge in [-0.1, -0.05) is 84.9 Å². The molecule has 0 N–H and O–H groups in total. The molecule has 0 fully saturated rings. The molecule has 41 heavy (non-hydrogen) atoms. The van der Waals surface area contributed by atoms with E-state index in [0.29, 0.717) is 0 Å². The summed E-state index contributed by atoms with van der Waals surface area (Å²) in [6, 6.07) is 43.4. The van der Waals surface area contributed by atoms with Gasteiger partial charge in [0.25, 0.3) is 0 Å². The topological polar surface area (TPSA) is 56.0 Å². The first-order chi connectivity index (χ1) is 20.3. The zero-order valence-electron chi connectivity index (χ0n) is 22.0. The molecule has 0 unspecified atom stereocenters. The fourth-order valence-corrected chi connectivity index (χ4v) is 5.46. The summed E-state index contributed by atoms with van der Waals surface area (Å²) < 4.78 is 2.13. The van der Waals surface area contributed by atoms with E-state index in [1.807, 2.05) is 66.7 Å². The summed E-state index contributed by atoms with van der Waals surface area (Å²) in [6.07, 6.45) is 3.85. The van der Waals surface area contributed by atoms with Gasteiger partial charge in [0, 0.05) is 28.9 Å². The first-order valence-electron chi connectivity index (χ1n) is 13.6. The van der Waals surface area contributed by atoms with Crippen molar-refractivity contribution in [3.63, 3.8) is 0 Å². The zero-order valence-corrected chi connectivity index (χ0v) is 22.0. The van der Waals surface area contributed by atoms with Crippen molar-refractivity contribution >= 4 is 27.6 Å². The van der Waals surface area contributed by atoms with E-state index in [2.05, 4.69) is 76.2 Å². The second-order valence-corrected chi connectivity index (χ2v) is 9.99. The standard InChI is InChI=1S/C36H23N5/c1-2-9-30-28(8-1)35-36(41-23-6-4-13-33(41)40-35)34(39-30)27-20-16-25(17-21-27)24-14-18-26(19-15-24)29-11-7-12-32(38-29)31-10-3-5-22-37-31/h1-23H. The first kappa shape index (κ1) is 23.2. The van der Waals surface area contributed by atoms with Gasteiger partial charge in [0.1, 0.15) is 11.2 Å². The lowest BCUT2D eigenvalue weighted by Gasteiger charge is -2.09. The van der Waals surface area contributed by atoms with E-state index in [1.165, 1.54) is 0 Å². The van der Waals surface area contributed by atoms with E-state index in [0.717, 1.165) is 72.6 Å². The number of hydrogen-bond donors (Lipinski definition) is 0. The zero-order chi connectivity index (χ0) is 27.2. The third-order valence-electron chi connectivity index (χ3n) is 7.49. The fraction of sp³-hybridized carbons (Fsp3) is 0. The van der Waals surface area contributed by atoms with Gasteiger partial charge in [0.05, 0.1) is 33.8 Å². The summed E-state index contributed by atoms with van der Waals surface area (Å²) in [5, 5.41) is 1.06. The average molecular weight is 526 g/mol. The second kappa shape index (κ2) is 9.50. The highest BCUT2D eigenvalue weighted by Crippen LogP contribution is 2.34. The van der Waals surface area contributed by atoms with Crippen LogP contribution in [-0.4, -0.2) is 24.3 Å². The summed E-state index contributed by atoms with van der Waals surface area (Å²) in [7, 11) is 0. The Morgan fingerprint density at radius 1 is 0.463 bits per heavy atom. The number of rotatable bonds is 4. The molecule has 0 spiro atoms. The number of nitrogens with zero attached hydrogens (tertiary/aromatic N) is 5. The quantitative estimate of drug-likeness (QED) is 0.231. The van der Waals surface area contributed by atoms with Crippen molar-refractivity contribution in [3.05, 3.63) is 140 Å². The van der Waals surface area contributed by atoms with Gasteiger partial charge in [-0.2, -0.15) is 0 Å². The molecule has 0 aliphatic heterocycles. The minimum absolute atomic E-state index is 0.866. The van der Waals surface area contributed by atoms with Crippen LogP contribution in [0.4, 0.5) is 0 Å². The molecule has 0 radical (unpaired) electrons. The van der Waals surface area contributed by atoms with Crippen LogP contribution < -0.4 is 0 Å². The maximum Gasteiger partial charge on any atom is 0.137 e. The van der Waals surface area contributed by atoms with Crippen LogP contribution in [0.25, 0.3) is 72.6 Å². The van der Waals surface area contributed by atoms with Crippen molar-refractivity contribution in [1.29, 1.82) is 0 Å². The summed E-state index contributed by atoms with van der Waals surface area (Å²) in [5.74, 6) is 0. The molecule has 3 aromatic carbocycles. The molecule has 0 amide bonds. The van der Waals surface area contributed by atoms with Crippen LogP contribution in [0.15, 0.2) is 140 Å². The van der Waals surface area contributed by atoms with Crippen LogP contribution in [0, 0.1) is 0 Å². The third kappa shape index (κ3) is 4.03. The number of pyridine rings is 4. The predicted octanol–water partition coefficient (Wildman–Crippen LogP) is 8.49. The molecular weight excluding hydrogens is 502 g/mol. The summed E-state index contributed by atoms with van der Waals surface area (Å²) in [5.41, 5.74) is 11.9. The molecule has 5 nitrogen and oxygen atoms in total. The van der Waals surface area contributed by atoms with Gasteiger partial charge in [-0.3, -0.25) is 9.38 Å². The minimum Gasteiger partial charge on any atom is -0.298 e. The van der Waals surface area contributed by atoms with Crippen molar-refractivity contribution in [3.8, 4) is 45.0 Å². The SMILES string of the molecule is c1ccc(-c2cccc(-c3ccc(-c4ccc(-c5nc6ccccc6c6nc7ccccn7c56)cc4)cc3)n2)nc1. The van der Waals surface area contributed by atoms with Gasteiger partial charge < -0.3 is 0 Å². The van der Waals surface area contributed by atoms with Crippen LogP contribution in [-0.2, 0) is 0 Å². The number of fused-ring (bicyclic) bond motifs is 5. The van der Waals surface area contributed by atoms with Crippen LogP contribution in [0.5, 0.6) is 0 Å². The normalized spacial score (nSPS) is 11.4. The molecule has 0 saturated heterocycles. The molecule has 0 aliphatic carbocycles. The Morgan fingerprint density at radius 2 is 1.15 bits per heavy atom. The number of aromatic nitrogens is 5. The molecule has 192 valence electrons. The lowest BCUT2D eigenvalue weighted by Crippen LogP contribution is -1.92. The summed E-state index contributed by atoms with van der Waals surface area (Å²) >= 11 is 0. The fourth-order valence-electron chi connectivity index (χ4n) is 5.46. The van der Waals surface area contributed by atoms with E-state index in [9.17, 15) is 0 Å². The molecule has 0 saturated carbocycles. The van der Waals surface area contributed by atoms with Gasteiger partial charge in [-0.05, 0) is 53.6 Å². The smallest absolute Gasteiger partial charge is 0.137 e. The van der Waals surface area contributed by atoms with E-state index in [-0.39, 0.29) is 0 Å². The molecule has 8 rings (SSSR count). The van der Waals surface area contributed by atoms with Gasteiger partial charge in [0.15, 0.2) is 0 Å². The van der Waals surface area contributed by atoms with Gasteiger partial charge in [-0.25, -0.2) is 15.0 Å². The van der Waals surface area contributed by atoms with E-state index < -0.39 is 0 Å². The van der Waals surface area contributed by atoms with Gasteiger partial charge >= 0.3 is 0 Å². The largest absolute Gasteiger partial charge is 0.298 e. The second-order valence-electron chi connectivity index (χ2n) is 9.99. The highest BCUT2D eigenvalue weighted by atomic mass is 15.0. The number of para-hydroxylation sites is 1. The van der Waals surface area contributed by atoms with Crippen LogP contribution in [0.3, 0.4) is 0 Å². The number of hydrogen-bond acceptors (Lipinski definition) is 4. The highest BCUT2D eigenvalue weighted by molar-refractivity contribution is 6.09.